The van der Waals surface area contributed by atoms with Gasteiger partial charge in [-0.25, -0.2) is 4.68 Å². The molecule has 0 amide bonds. The van der Waals surface area contributed by atoms with Crippen molar-refractivity contribution < 1.29 is 0 Å². The Hall–Kier alpha value is -0.830. The Morgan fingerprint density at radius 2 is 2.23 bits per heavy atom. The molecule has 1 heterocycles. The molecular formula is C9H13ClN2O. The Labute approximate surface area is 82.3 Å². The lowest BCUT2D eigenvalue weighted by molar-refractivity contribution is 0.460. The van der Waals surface area contributed by atoms with Gasteiger partial charge in [-0.1, -0.05) is 13.8 Å². The molecule has 0 saturated carbocycles. The molecule has 0 unspecified atom stereocenters. The van der Waals surface area contributed by atoms with Crippen LogP contribution in [0.1, 0.15) is 19.5 Å². The Bertz CT molecular complexity index is 333. The van der Waals surface area contributed by atoms with Crippen LogP contribution in [0.5, 0.6) is 0 Å². The summed E-state index contributed by atoms with van der Waals surface area (Å²) in [6.45, 7) is 4.73. The lowest BCUT2D eigenvalue weighted by Crippen LogP contribution is -2.24. The van der Waals surface area contributed by atoms with Crippen LogP contribution < -0.4 is 5.56 Å². The molecule has 0 radical (unpaired) electrons. The van der Waals surface area contributed by atoms with Crippen molar-refractivity contribution in [2.45, 2.75) is 26.3 Å². The molecule has 1 aromatic rings. The number of halogens is 1. The molecule has 72 valence electrons. The molecule has 1 aromatic heterocycles. The Morgan fingerprint density at radius 1 is 1.54 bits per heavy atom. The minimum absolute atomic E-state index is 0.0671. The largest absolute Gasteiger partial charge is 0.268 e. The Morgan fingerprint density at radius 3 is 2.77 bits per heavy atom. The summed E-state index contributed by atoms with van der Waals surface area (Å²) in [6, 6.07) is 3.17. The third-order valence-corrected chi connectivity index (χ3v) is 1.87. The number of alkyl halides is 1. The summed E-state index contributed by atoms with van der Waals surface area (Å²) in [7, 11) is 0. The van der Waals surface area contributed by atoms with E-state index < -0.39 is 0 Å². The van der Waals surface area contributed by atoms with Gasteiger partial charge in [0.2, 0.25) is 0 Å². The van der Waals surface area contributed by atoms with Gasteiger partial charge in [0.1, 0.15) is 0 Å². The molecule has 0 aliphatic heterocycles. The highest BCUT2D eigenvalue weighted by atomic mass is 35.5. The smallest absolute Gasteiger partial charge is 0.266 e. The highest BCUT2D eigenvalue weighted by Crippen LogP contribution is 1.98. The molecular weight excluding hydrogens is 188 g/mol. The van der Waals surface area contributed by atoms with Crippen LogP contribution in [-0.4, -0.2) is 9.78 Å². The summed E-state index contributed by atoms with van der Waals surface area (Å²) in [4.78, 5) is 11.3. The third-order valence-electron chi connectivity index (χ3n) is 1.60. The van der Waals surface area contributed by atoms with Crippen LogP contribution in [0.2, 0.25) is 0 Å². The van der Waals surface area contributed by atoms with Gasteiger partial charge in [0.25, 0.3) is 5.56 Å². The number of hydrogen-bond donors (Lipinski definition) is 0. The standard InChI is InChI=1S/C9H13ClN2O/c1-7(2)6-12-9(13)4-3-8(5-10)11-12/h3-4,7H,5-6H2,1-2H3. The zero-order chi connectivity index (χ0) is 9.84. The predicted octanol–water partition coefficient (Wildman–Crippen LogP) is 1.64. The first-order valence-electron chi connectivity index (χ1n) is 4.26. The van der Waals surface area contributed by atoms with Gasteiger partial charge in [-0.2, -0.15) is 5.10 Å². The van der Waals surface area contributed by atoms with E-state index in [9.17, 15) is 4.79 Å². The number of rotatable bonds is 3. The number of nitrogens with zero attached hydrogens (tertiary/aromatic N) is 2. The van der Waals surface area contributed by atoms with E-state index in [1.165, 1.54) is 10.7 Å². The van der Waals surface area contributed by atoms with Crippen molar-refractivity contribution in [1.29, 1.82) is 0 Å². The minimum Gasteiger partial charge on any atom is -0.268 e. The van der Waals surface area contributed by atoms with Crippen molar-refractivity contribution in [3.05, 3.63) is 28.2 Å². The summed E-state index contributed by atoms with van der Waals surface area (Å²) in [5, 5.41) is 4.10. The highest BCUT2D eigenvalue weighted by molar-refractivity contribution is 6.16. The van der Waals surface area contributed by atoms with E-state index in [2.05, 4.69) is 5.10 Å². The topological polar surface area (TPSA) is 34.9 Å². The molecule has 0 N–H and O–H groups in total. The SMILES string of the molecule is CC(C)Cn1nc(CCl)ccc1=O. The van der Waals surface area contributed by atoms with Gasteiger partial charge in [-0.05, 0) is 12.0 Å². The second-order valence-corrected chi connectivity index (χ2v) is 3.64. The van der Waals surface area contributed by atoms with Gasteiger partial charge in [-0.15, -0.1) is 11.6 Å². The minimum atomic E-state index is -0.0671. The number of hydrogen-bond acceptors (Lipinski definition) is 2. The monoisotopic (exact) mass is 200 g/mol. The lowest BCUT2D eigenvalue weighted by Gasteiger charge is -2.07. The van der Waals surface area contributed by atoms with E-state index in [0.29, 0.717) is 18.3 Å². The lowest BCUT2D eigenvalue weighted by atomic mass is 10.2. The first kappa shape index (κ1) is 10.3. The second kappa shape index (κ2) is 4.42. The average molecular weight is 201 g/mol. The third kappa shape index (κ3) is 2.84. The van der Waals surface area contributed by atoms with Gasteiger partial charge in [0.15, 0.2) is 0 Å². The van der Waals surface area contributed by atoms with Crippen molar-refractivity contribution in [2.75, 3.05) is 0 Å². The molecule has 0 spiro atoms. The quantitative estimate of drug-likeness (QED) is 0.696. The normalized spacial score (nSPS) is 10.8. The zero-order valence-corrected chi connectivity index (χ0v) is 8.58. The van der Waals surface area contributed by atoms with Crippen molar-refractivity contribution >= 4 is 11.6 Å². The van der Waals surface area contributed by atoms with E-state index in [4.69, 9.17) is 11.6 Å². The summed E-state index contributed by atoms with van der Waals surface area (Å²) in [5.41, 5.74) is 0.671. The maximum Gasteiger partial charge on any atom is 0.266 e. The molecule has 0 saturated heterocycles. The van der Waals surface area contributed by atoms with Crippen LogP contribution in [0.4, 0.5) is 0 Å². The summed E-state index contributed by atoms with van der Waals surface area (Å²) in [6.07, 6.45) is 0. The molecule has 0 aromatic carbocycles. The van der Waals surface area contributed by atoms with Crippen molar-refractivity contribution in [1.82, 2.24) is 9.78 Å². The fourth-order valence-electron chi connectivity index (χ4n) is 1.04. The van der Waals surface area contributed by atoms with Gasteiger partial charge < -0.3 is 0 Å². The predicted molar refractivity (Wildman–Crippen MR) is 52.9 cm³/mol. The molecule has 0 bridgehead atoms. The zero-order valence-electron chi connectivity index (χ0n) is 7.83. The molecule has 0 aliphatic rings. The molecule has 4 heteroatoms. The first-order valence-corrected chi connectivity index (χ1v) is 4.80. The van der Waals surface area contributed by atoms with Gasteiger partial charge in [0.05, 0.1) is 11.6 Å². The van der Waals surface area contributed by atoms with Crippen molar-refractivity contribution in [2.24, 2.45) is 5.92 Å². The van der Waals surface area contributed by atoms with Crippen LogP contribution in [0.15, 0.2) is 16.9 Å². The van der Waals surface area contributed by atoms with Crippen LogP contribution in [-0.2, 0) is 12.4 Å². The summed E-state index contributed by atoms with van der Waals surface area (Å²) >= 11 is 5.61. The van der Waals surface area contributed by atoms with Crippen LogP contribution in [0.25, 0.3) is 0 Å². The summed E-state index contributed by atoms with van der Waals surface area (Å²) in [5.74, 6) is 0.758. The average Bonchev–Trinajstić information content (AvgIpc) is 2.08. The van der Waals surface area contributed by atoms with E-state index >= 15 is 0 Å². The van der Waals surface area contributed by atoms with E-state index in [1.807, 2.05) is 13.8 Å². The molecule has 13 heavy (non-hydrogen) atoms. The molecule has 3 nitrogen and oxygen atoms in total. The van der Waals surface area contributed by atoms with Crippen molar-refractivity contribution in [3.63, 3.8) is 0 Å². The molecule has 0 aliphatic carbocycles. The molecule has 1 rings (SSSR count). The maximum absolute atomic E-state index is 11.3. The highest BCUT2D eigenvalue weighted by Gasteiger charge is 2.01. The fraction of sp³-hybridized carbons (Fsp3) is 0.556. The van der Waals surface area contributed by atoms with Gasteiger partial charge >= 0.3 is 0 Å². The Balaban J connectivity index is 2.97. The van der Waals surface area contributed by atoms with E-state index in [0.717, 1.165) is 5.69 Å². The van der Waals surface area contributed by atoms with Crippen LogP contribution in [0, 0.1) is 5.92 Å². The van der Waals surface area contributed by atoms with Gasteiger partial charge in [-0.3, -0.25) is 4.79 Å². The fourth-order valence-corrected chi connectivity index (χ4v) is 1.18. The first-order chi connectivity index (χ1) is 6.13. The summed E-state index contributed by atoms with van der Waals surface area (Å²) < 4.78 is 1.46. The van der Waals surface area contributed by atoms with Crippen molar-refractivity contribution in [3.8, 4) is 0 Å². The maximum atomic E-state index is 11.3. The van der Waals surface area contributed by atoms with Crippen LogP contribution in [0.3, 0.4) is 0 Å². The molecule has 0 atom stereocenters. The van der Waals surface area contributed by atoms with E-state index in [1.54, 1.807) is 6.07 Å². The second-order valence-electron chi connectivity index (χ2n) is 3.37. The Kier molecular flexibility index (Phi) is 3.48. The molecule has 0 fully saturated rings. The van der Waals surface area contributed by atoms with E-state index in [-0.39, 0.29) is 5.56 Å². The number of aromatic nitrogens is 2. The van der Waals surface area contributed by atoms with Gasteiger partial charge in [0, 0.05) is 12.6 Å². The van der Waals surface area contributed by atoms with Crippen LogP contribution >= 0.6 is 11.6 Å².